The summed E-state index contributed by atoms with van der Waals surface area (Å²) in [7, 11) is 2.41. The third-order valence-corrected chi connectivity index (χ3v) is 19.0. The molecule has 0 bridgehead atoms. The van der Waals surface area contributed by atoms with Crippen molar-refractivity contribution >= 4 is 47.9 Å². The van der Waals surface area contributed by atoms with Crippen LogP contribution in [-0.2, 0) is 60.8 Å². The van der Waals surface area contributed by atoms with Crippen molar-refractivity contribution in [3.05, 3.63) is 228 Å². The zero-order valence-corrected chi connectivity index (χ0v) is 64.1. The fraction of sp³-hybridized carbons (Fsp3) is 0.386. The maximum absolute atomic E-state index is 15.6. The number of aromatic nitrogens is 4. The molecule has 0 saturated carbocycles. The lowest BCUT2D eigenvalue weighted by atomic mass is 9.82. The van der Waals surface area contributed by atoms with Gasteiger partial charge in [0.2, 0.25) is 29.3 Å². The molecule has 6 unspecified atom stereocenters. The maximum Gasteiger partial charge on any atom is 0.330 e. The van der Waals surface area contributed by atoms with E-state index >= 15 is 26.3 Å². The van der Waals surface area contributed by atoms with Gasteiger partial charge in [-0.1, -0.05) is 72.6 Å². The summed E-state index contributed by atoms with van der Waals surface area (Å²) in [6.45, 7) is 19.6. The quantitative estimate of drug-likeness (QED) is 0.0115. The van der Waals surface area contributed by atoms with Gasteiger partial charge in [-0.15, -0.1) is 0 Å². The summed E-state index contributed by atoms with van der Waals surface area (Å²) in [5.41, 5.74) is 1.11. The summed E-state index contributed by atoms with van der Waals surface area (Å²) < 4.78 is 157. The highest BCUT2D eigenvalue weighted by atomic mass is 19.2. The zero-order chi connectivity index (χ0) is 81.3. The van der Waals surface area contributed by atoms with E-state index in [1.807, 2.05) is 46.8 Å². The number of oxime groups is 1. The van der Waals surface area contributed by atoms with Crippen LogP contribution in [0.15, 0.2) is 123 Å². The Morgan fingerprint density at radius 3 is 1.14 bits per heavy atom. The molecule has 0 aliphatic carbocycles. The average molecular weight is 1540 g/mol. The van der Waals surface area contributed by atoms with Gasteiger partial charge < -0.3 is 34.2 Å². The molecule has 111 heavy (non-hydrogen) atoms. The number of carbonyl (C=O) groups excluding carboxylic acids is 3. The molecule has 1 amide bonds. The largest absolute Gasteiger partial charge is 0.478 e. The molecule has 5 heterocycles. The van der Waals surface area contributed by atoms with Crippen molar-refractivity contribution in [2.24, 2.45) is 5.16 Å². The molecule has 28 heteroatoms. The predicted octanol–water partition coefficient (Wildman–Crippen LogP) is 16.5. The number of benzene rings is 6. The number of hydrogen-bond acceptors (Lipinski definition) is 17. The van der Waals surface area contributed by atoms with Crippen LogP contribution in [0.5, 0.6) is 0 Å². The molecular weight excluding hydrogens is 1450 g/mol. The van der Waals surface area contributed by atoms with E-state index in [2.05, 4.69) is 40.2 Å². The van der Waals surface area contributed by atoms with Crippen molar-refractivity contribution in [1.82, 2.24) is 40.3 Å². The van der Waals surface area contributed by atoms with Gasteiger partial charge in [-0.05, 0) is 204 Å². The normalized spacial score (nSPS) is 18.4. The standard InChI is InChI=1S/C28H32F3N3O4.C28H30F3N3O3.C27H28F3N3O3/c1-6-23(35)32-27(33-37)18-8-9-20-19(14-18)11-16(2)34(15-28(3,4)31)26(20)25-21(29)12-17(13-22(25)30)7-10-24(36)38-5;1-6-23-32-27(33-37-23)18-8-9-20-19(14-18)11-16(2)34(15-28(3,4)31)26(20)25-21(29)12-17(13-22(25)30)7-10-24(35)36-5;1-5-22-31-26(32-36-22)17-7-8-19-18(13-17)10-15(2)33(14-27(3,4)30)25(19)24-20(28)11-16(12-21(24)29)6-9-23(34)35/h7-10,12-14,16,26,37H,6,11,15H2,1-5H3,(H,32,33,35);7-10,12-14,16,26H,6,11,15H2,1-5H3;6-9,11-13,15,25H,5,10,14H2,1-4H3,(H,34,35)/b2*10-7+;9-6+. The monoisotopic (exact) mass is 1540 g/mol. The van der Waals surface area contributed by atoms with Gasteiger partial charge in [0.05, 0.1) is 32.3 Å². The summed E-state index contributed by atoms with van der Waals surface area (Å²) in [5, 5.41) is 32.1. The smallest absolute Gasteiger partial charge is 0.330 e. The Hall–Kier alpha value is -10.6. The molecule has 0 saturated heterocycles. The molecule has 0 spiro atoms. The summed E-state index contributed by atoms with van der Waals surface area (Å²) in [5.74, 6) is -5.97. The van der Waals surface area contributed by atoms with Gasteiger partial charge in [0.25, 0.3) is 0 Å². The van der Waals surface area contributed by atoms with E-state index in [0.717, 1.165) is 83.0 Å². The lowest BCUT2D eigenvalue weighted by molar-refractivity contribution is -0.135. The number of ether oxygens (including phenoxy) is 2. The van der Waals surface area contributed by atoms with Gasteiger partial charge in [0, 0.05) is 109 Å². The van der Waals surface area contributed by atoms with Crippen LogP contribution in [0.1, 0.15) is 192 Å². The molecule has 3 aliphatic heterocycles. The topological polar surface area (TPSA) is 239 Å². The first kappa shape index (κ1) is 84.4. The second-order valence-corrected chi connectivity index (χ2v) is 29.4. The van der Waals surface area contributed by atoms with Crippen LogP contribution in [0.2, 0.25) is 0 Å². The number of aliphatic carboxylic acids is 1. The highest BCUT2D eigenvalue weighted by Crippen LogP contribution is 2.46. The Morgan fingerprint density at radius 1 is 0.523 bits per heavy atom. The van der Waals surface area contributed by atoms with E-state index in [1.54, 1.807) is 64.1 Å². The molecule has 2 aromatic heterocycles. The average Bonchev–Trinajstić information content (AvgIpc) is 0.988. The Balaban J connectivity index is 0.000000191. The number of rotatable bonds is 21. The molecule has 6 aromatic carbocycles. The molecular formula is C83H90F9N9O10. The number of esters is 2. The number of methoxy groups -OCH3 is 2. The number of amides is 1. The van der Waals surface area contributed by atoms with Crippen LogP contribution >= 0.6 is 0 Å². The summed E-state index contributed by atoms with van der Waals surface area (Å²) in [6, 6.07) is 19.1. The van der Waals surface area contributed by atoms with Crippen molar-refractivity contribution in [2.45, 2.75) is 175 Å². The number of carboxylic acids is 1. The number of halogens is 9. The fourth-order valence-corrected chi connectivity index (χ4v) is 14.1. The minimum Gasteiger partial charge on any atom is -0.478 e. The van der Waals surface area contributed by atoms with E-state index in [4.69, 9.17) is 14.2 Å². The number of aryl methyl sites for hydroxylation is 2. The van der Waals surface area contributed by atoms with Crippen molar-refractivity contribution in [3.63, 3.8) is 0 Å². The number of nitrogens with one attached hydrogen (secondary N) is 1. The van der Waals surface area contributed by atoms with Crippen LogP contribution in [0.4, 0.5) is 39.5 Å². The Morgan fingerprint density at radius 2 is 0.847 bits per heavy atom. The summed E-state index contributed by atoms with van der Waals surface area (Å²) in [4.78, 5) is 59.6. The second-order valence-electron chi connectivity index (χ2n) is 29.4. The minimum atomic E-state index is -1.65. The Kier molecular flexibility index (Phi) is 27.1. The maximum atomic E-state index is 15.6. The van der Waals surface area contributed by atoms with Gasteiger partial charge in [-0.3, -0.25) is 19.5 Å². The van der Waals surface area contributed by atoms with Crippen LogP contribution in [-0.4, -0.2) is 144 Å². The van der Waals surface area contributed by atoms with Gasteiger partial charge >= 0.3 is 17.9 Å². The highest BCUT2D eigenvalue weighted by molar-refractivity contribution is 6.07. The molecule has 0 fully saturated rings. The number of hydrogen-bond donors (Lipinski definition) is 3. The van der Waals surface area contributed by atoms with Gasteiger partial charge in [0.15, 0.2) is 5.84 Å². The number of fused-ring (bicyclic) bond motifs is 3. The lowest BCUT2D eigenvalue weighted by Crippen LogP contribution is -2.48. The number of nitrogens with zero attached hydrogens (tertiary/aromatic N) is 8. The van der Waals surface area contributed by atoms with E-state index in [9.17, 15) is 37.6 Å². The Labute approximate surface area is 637 Å². The molecule has 8 aromatic rings. The molecule has 6 atom stereocenters. The molecule has 590 valence electrons. The minimum absolute atomic E-state index is 0.0202. The Bertz CT molecular complexity index is 4790. The predicted molar refractivity (Wildman–Crippen MR) is 400 cm³/mol. The van der Waals surface area contributed by atoms with Crippen molar-refractivity contribution in [3.8, 4) is 22.8 Å². The summed E-state index contributed by atoms with van der Waals surface area (Å²) in [6.07, 6.45) is 9.52. The van der Waals surface area contributed by atoms with Gasteiger partial charge in [-0.25, -0.2) is 53.9 Å². The zero-order valence-electron chi connectivity index (χ0n) is 64.1. The second kappa shape index (κ2) is 35.6. The van der Waals surface area contributed by atoms with E-state index in [1.165, 1.54) is 67.9 Å². The van der Waals surface area contributed by atoms with Crippen LogP contribution in [0.25, 0.3) is 41.0 Å². The number of amidine groups is 1. The number of carboxylic acid groups (broad SMARTS) is 1. The third-order valence-electron chi connectivity index (χ3n) is 19.0. The molecule has 11 rings (SSSR count). The first-order chi connectivity index (χ1) is 52.3. The van der Waals surface area contributed by atoms with Crippen molar-refractivity contribution in [2.75, 3.05) is 33.9 Å². The van der Waals surface area contributed by atoms with E-state index in [-0.39, 0.29) is 89.3 Å². The van der Waals surface area contributed by atoms with E-state index < -0.39 is 87.9 Å². The van der Waals surface area contributed by atoms with Crippen LogP contribution in [0.3, 0.4) is 0 Å². The van der Waals surface area contributed by atoms with Gasteiger partial charge in [-0.2, -0.15) is 9.97 Å². The molecule has 19 nitrogen and oxygen atoms in total. The third kappa shape index (κ3) is 20.9. The van der Waals surface area contributed by atoms with E-state index in [0.29, 0.717) is 83.4 Å². The number of carbonyl (C=O) groups is 4. The molecule has 3 aliphatic rings. The first-order valence-electron chi connectivity index (χ1n) is 36.2. The summed E-state index contributed by atoms with van der Waals surface area (Å²) >= 11 is 0. The van der Waals surface area contributed by atoms with Crippen molar-refractivity contribution < 1.29 is 87.5 Å². The SMILES string of the molecule is CCC(=O)N/C(=N\O)c1ccc2c(c1)CC(C)N(CC(C)(C)F)C2c1c(F)cc(/C=C/C(=O)OC)cc1F.CCc1nc(-c2ccc3c(c2)CC(C)N(CC(C)(C)F)C3c2c(F)cc(/C=C/C(=O)O)cc2F)no1.CCc1nc(-c2ccc3c(c2)CC(C)N(CC(C)(C)F)C3c2c(F)cc(/C=C/C(=O)OC)cc2F)no1. The van der Waals surface area contributed by atoms with Crippen molar-refractivity contribution in [1.29, 1.82) is 0 Å². The first-order valence-corrected chi connectivity index (χ1v) is 36.2. The highest BCUT2D eigenvalue weighted by Gasteiger charge is 2.43. The molecule has 3 N–H and O–H groups in total. The lowest BCUT2D eigenvalue weighted by Gasteiger charge is -2.44. The van der Waals surface area contributed by atoms with Crippen LogP contribution < -0.4 is 5.32 Å². The number of alkyl halides is 3. The molecule has 0 radical (unpaired) electrons. The van der Waals surface area contributed by atoms with Crippen LogP contribution in [0, 0.1) is 34.9 Å². The fourth-order valence-electron chi connectivity index (χ4n) is 14.1. The van der Waals surface area contributed by atoms with Gasteiger partial charge in [0.1, 0.15) is 51.9 Å².